The Balaban J connectivity index is 0.000000220. The summed E-state index contributed by atoms with van der Waals surface area (Å²) in [4.78, 5) is 4.94. The second kappa shape index (κ2) is 19.8. The zero-order valence-electron chi connectivity index (χ0n) is 28.1. The minimum absolute atomic E-state index is 0. The maximum absolute atomic E-state index is 4.96. The smallest absolute Gasteiger partial charge is 0.453 e. The molecule has 1 fully saturated rings. The molecule has 0 radical (unpaired) electrons. The Morgan fingerprint density at radius 3 is 1.51 bits per heavy atom. The van der Waals surface area contributed by atoms with Crippen LogP contribution in [0, 0.1) is 41.5 Å². The Hall–Kier alpha value is -3.73. The summed E-state index contributed by atoms with van der Waals surface area (Å²) in [6.45, 7) is 17.7. The molecule has 7 rings (SSSR count). The van der Waals surface area contributed by atoms with E-state index in [1.54, 1.807) is 11.3 Å². The molecular formula is C43H46HfN2S. The molecule has 0 bridgehead atoms. The molecule has 5 aromatic carbocycles. The Bertz CT molecular complexity index is 1630. The van der Waals surface area contributed by atoms with Crippen molar-refractivity contribution in [3.63, 3.8) is 0 Å². The van der Waals surface area contributed by atoms with Gasteiger partial charge >= 0.3 is 25.8 Å². The molecule has 1 aromatic heterocycles. The van der Waals surface area contributed by atoms with Crippen LogP contribution in [0.4, 0.5) is 5.13 Å². The minimum Gasteiger partial charge on any atom is -0.453 e. The average Bonchev–Trinajstić information content (AvgIpc) is 3.46. The van der Waals surface area contributed by atoms with Crippen molar-refractivity contribution in [2.45, 2.75) is 58.9 Å². The van der Waals surface area contributed by atoms with E-state index < -0.39 is 0 Å². The summed E-state index contributed by atoms with van der Waals surface area (Å²) < 4.78 is 1.24. The van der Waals surface area contributed by atoms with E-state index in [0.29, 0.717) is 6.04 Å². The first-order chi connectivity index (χ1) is 22.3. The number of benzene rings is 5. The molecular weight excluding hydrogens is 755 g/mol. The molecule has 0 N–H and O–H groups in total. The number of hydrogen-bond acceptors (Lipinski definition) is 2. The van der Waals surface area contributed by atoms with E-state index in [1.165, 1.54) is 64.6 Å². The van der Waals surface area contributed by atoms with Crippen molar-refractivity contribution in [3.05, 3.63) is 181 Å². The van der Waals surface area contributed by atoms with Crippen molar-refractivity contribution in [1.29, 1.82) is 0 Å². The number of thiazole rings is 1. The number of aromatic nitrogens is 1. The fourth-order valence-electron chi connectivity index (χ4n) is 5.60. The largest absolute Gasteiger partial charge is 4.00 e. The number of rotatable bonds is 3. The van der Waals surface area contributed by atoms with E-state index >= 15 is 0 Å². The second-order valence-electron chi connectivity index (χ2n) is 11.8. The fourth-order valence-corrected chi connectivity index (χ4v) is 6.53. The summed E-state index contributed by atoms with van der Waals surface area (Å²) in [5.74, 6) is 0. The molecule has 0 spiro atoms. The van der Waals surface area contributed by atoms with E-state index in [9.17, 15) is 0 Å². The second-order valence-corrected chi connectivity index (χ2v) is 12.8. The summed E-state index contributed by atoms with van der Waals surface area (Å²) in [6, 6.07) is 41.2. The Labute approximate surface area is 306 Å². The van der Waals surface area contributed by atoms with Gasteiger partial charge in [0.15, 0.2) is 0 Å². The van der Waals surface area contributed by atoms with Crippen LogP contribution in [0.3, 0.4) is 0 Å². The third-order valence-corrected chi connectivity index (χ3v) is 8.68. The number of aryl methyl sites for hydroxylation is 3. The first kappa shape index (κ1) is 37.7. The number of fused-ring (bicyclic) bond motifs is 1. The summed E-state index contributed by atoms with van der Waals surface area (Å²) >= 11 is 1.74. The van der Waals surface area contributed by atoms with Crippen LogP contribution in [0.1, 0.15) is 65.5 Å². The van der Waals surface area contributed by atoms with Crippen LogP contribution in [-0.4, -0.2) is 11.0 Å². The van der Waals surface area contributed by atoms with Gasteiger partial charge in [0.1, 0.15) is 0 Å². The molecule has 1 saturated carbocycles. The fraction of sp³-hybridized carbons (Fsp3) is 0.209. The van der Waals surface area contributed by atoms with Crippen LogP contribution in [0.5, 0.6) is 0 Å². The van der Waals surface area contributed by atoms with Crippen molar-refractivity contribution in [2.24, 2.45) is 0 Å². The molecule has 0 aliphatic heterocycles. The summed E-state index contributed by atoms with van der Waals surface area (Å²) in [7, 11) is 0. The molecule has 1 aliphatic carbocycles. The van der Waals surface area contributed by atoms with E-state index in [1.807, 2.05) is 91.0 Å². The van der Waals surface area contributed by atoms with E-state index in [4.69, 9.17) is 10.3 Å². The molecule has 4 heteroatoms. The monoisotopic (exact) mass is 802 g/mol. The Morgan fingerprint density at radius 2 is 1.09 bits per heavy atom. The van der Waals surface area contributed by atoms with Gasteiger partial charge < -0.3 is 10.3 Å². The van der Waals surface area contributed by atoms with Crippen LogP contribution < -0.4 is 0 Å². The van der Waals surface area contributed by atoms with E-state index in [-0.39, 0.29) is 25.8 Å². The molecule has 1 heterocycles. The zero-order valence-corrected chi connectivity index (χ0v) is 32.5. The predicted octanol–water partition coefficient (Wildman–Crippen LogP) is 12.8. The SMILES string of the molecule is Cc1cc(C)c(-c2cccc3sc([N-]C4CCCCC4)nc23)c(C)c1.[CH2-]c1ccccc1.[CH2-]c1ccccc1.[CH2-]c1ccccc1.[Hf+4]. The van der Waals surface area contributed by atoms with Crippen molar-refractivity contribution >= 4 is 26.7 Å². The molecule has 0 amide bonds. The van der Waals surface area contributed by atoms with E-state index in [0.717, 1.165) is 27.3 Å². The van der Waals surface area contributed by atoms with Crippen molar-refractivity contribution < 1.29 is 25.8 Å². The molecule has 0 unspecified atom stereocenters. The van der Waals surface area contributed by atoms with Crippen LogP contribution in [0.15, 0.2) is 121 Å². The third kappa shape index (κ3) is 12.4. The predicted molar refractivity (Wildman–Crippen MR) is 202 cm³/mol. The van der Waals surface area contributed by atoms with Gasteiger partial charge in [0.25, 0.3) is 0 Å². The van der Waals surface area contributed by atoms with Crippen LogP contribution in [-0.2, 0) is 25.8 Å². The van der Waals surface area contributed by atoms with Crippen molar-refractivity contribution in [1.82, 2.24) is 4.98 Å². The number of para-hydroxylation sites is 1. The number of nitrogens with zero attached hydrogens (tertiary/aromatic N) is 2. The number of hydrogen-bond donors (Lipinski definition) is 0. The van der Waals surface area contributed by atoms with Gasteiger partial charge in [-0.3, -0.25) is 0 Å². The van der Waals surface area contributed by atoms with Crippen molar-refractivity contribution in [2.75, 3.05) is 0 Å². The average molecular weight is 801 g/mol. The Kier molecular flexibility index (Phi) is 15.9. The normalized spacial score (nSPS) is 12.1. The molecule has 6 aromatic rings. The van der Waals surface area contributed by atoms with Gasteiger partial charge in [-0.05, 0) is 65.8 Å². The first-order valence-electron chi connectivity index (χ1n) is 16.1. The molecule has 1 aliphatic rings. The zero-order chi connectivity index (χ0) is 32.7. The third-order valence-electron chi connectivity index (χ3n) is 7.75. The van der Waals surface area contributed by atoms with Crippen molar-refractivity contribution in [3.8, 4) is 11.1 Å². The van der Waals surface area contributed by atoms with Gasteiger partial charge in [-0.25, -0.2) is 0 Å². The van der Waals surface area contributed by atoms with Gasteiger partial charge in [-0.15, -0.1) is 47.7 Å². The molecule has 0 saturated heterocycles. The first-order valence-corrected chi connectivity index (χ1v) is 16.9. The minimum atomic E-state index is 0. The van der Waals surface area contributed by atoms with Gasteiger partial charge in [-0.2, -0.15) is 73.9 Å². The van der Waals surface area contributed by atoms with Gasteiger partial charge in [-0.1, -0.05) is 80.1 Å². The van der Waals surface area contributed by atoms with Gasteiger partial charge in [0.2, 0.25) is 0 Å². The van der Waals surface area contributed by atoms with Crippen LogP contribution >= 0.6 is 11.3 Å². The molecule has 0 atom stereocenters. The molecule has 47 heavy (non-hydrogen) atoms. The standard InChI is InChI=1S/C22H25N2S.3C7H7.Hf/c1-14-12-15(2)20(16(3)13-14)18-10-7-11-19-21(18)24-22(25-19)23-17-8-5-4-6-9-17;3*1-7-5-3-2-4-6-7;/h7,10-13,17H,4-6,8-9H2,1-3H3;3*2-6H,1H2;/q4*-1;+4. The van der Waals surface area contributed by atoms with Gasteiger partial charge in [0.05, 0.1) is 0 Å². The maximum atomic E-state index is 4.96. The summed E-state index contributed by atoms with van der Waals surface area (Å²) in [6.07, 6.45) is 6.43. The topological polar surface area (TPSA) is 27.0 Å². The quantitative estimate of drug-likeness (QED) is 0.129. The molecule has 238 valence electrons. The van der Waals surface area contributed by atoms with Crippen LogP contribution in [0.25, 0.3) is 26.7 Å². The van der Waals surface area contributed by atoms with E-state index in [2.05, 4.69) is 71.9 Å². The maximum Gasteiger partial charge on any atom is 4.00 e. The molecule has 2 nitrogen and oxygen atoms in total. The van der Waals surface area contributed by atoms with Crippen LogP contribution in [0.2, 0.25) is 0 Å². The Morgan fingerprint density at radius 1 is 0.617 bits per heavy atom. The summed E-state index contributed by atoms with van der Waals surface area (Å²) in [5.41, 5.74) is 10.9. The summed E-state index contributed by atoms with van der Waals surface area (Å²) in [5, 5.41) is 5.91. The van der Waals surface area contributed by atoms with Gasteiger partial charge in [0, 0.05) is 4.70 Å².